The molecule has 2 heteroatoms. The molecule has 0 spiro atoms. The summed E-state index contributed by atoms with van der Waals surface area (Å²) in [6.45, 7) is 8.57. The molecule has 0 amide bonds. The summed E-state index contributed by atoms with van der Waals surface area (Å²) in [6.07, 6.45) is 9.51. The minimum Gasteiger partial charge on any atom is -0.327 e. The molecule has 0 aromatic rings. The second-order valence-corrected chi connectivity index (χ2v) is 6.34. The molecular formula is C15H30N2. The number of piperidine rings is 1. The molecule has 100 valence electrons. The molecule has 2 rings (SSSR count). The van der Waals surface area contributed by atoms with Gasteiger partial charge in [0.2, 0.25) is 0 Å². The van der Waals surface area contributed by atoms with Gasteiger partial charge in [-0.15, -0.1) is 0 Å². The van der Waals surface area contributed by atoms with Gasteiger partial charge in [-0.3, -0.25) is 0 Å². The van der Waals surface area contributed by atoms with Gasteiger partial charge in [-0.2, -0.15) is 0 Å². The number of hydrogen-bond acceptors (Lipinski definition) is 2. The van der Waals surface area contributed by atoms with Gasteiger partial charge in [-0.05, 0) is 63.1 Å². The predicted octanol–water partition coefficient (Wildman–Crippen LogP) is 3.02. The van der Waals surface area contributed by atoms with Crippen LogP contribution in [0.15, 0.2) is 0 Å². The van der Waals surface area contributed by atoms with Crippen LogP contribution < -0.4 is 5.73 Å². The van der Waals surface area contributed by atoms with Gasteiger partial charge in [0, 0.05) is 6.04 Å². The largest absolute Gasteiger partial charge is 0.327 e. The third kappa shape index (κ3) is 3.45. The van der Waals surface area contributed by atoms with E-state index in [2.05, 4.69) is 18.7 Å². The van der Waals surface area contributed by atoms with Crippen LogP contribution in [0.2, 0.25) is 0 Å². The Hall–Kier alpha value is -0.0800. The summed E-state index contributed by atoms with van der Waals surface area (Å²) in [5.74, 6) is 0.866. The molecule has 1 atom stereocenters. The number of hydrogen-bond donors (Lipinski definition) is 1. The van der Waals surface area contributed by atoms with Crippen molar-refractivity contribution in [2.75, 3.05) is 19.6 Å². The van der Waals surface area contributed by atoms with E-state index in [4.69, 9.17) is 5.73 Å². The lowest BCUT2D eigenvalue weighted by Gasteiger charge is -2.41. The second-order valence-electron chi connectivity index (χ2n) is 6.34. The Bertz CT molecular complexity index is 218. The maximum Gasteiger partial charge on any atom is 0.00793 e. The van der Waals surface area contributed by atoms with Gasteiger partial charge in [0.05, 0.1) is 0 Å². The summed E-state index contributed by atoms with van der Waals surface area (Å²) in [6, 6.07) is 0.485. The highest BCUT2D eigenvalue weighted by Crippen LogP contribution is 2.38. The Kier molecular flexibility index (Phi) is 4.48. The molecule has 1 saturated carbocycles. The van der Waals surface area contributed by atoms with E-state index in [0.717, 1.165) is 5.92 Å². The number of nitrogens with two attached hydrogens (primary N) is 1. The minimum absolute atomic E-state index is 0.485. The van der Waals surface area contributed by atoms with Crippen molar-refractivity contribution in [2.45, 2.75) is 64.8 Å². The van der Waals surface area contributed by atoms with Crippen molar-refractivity contribution in [3.05, 3.63) is 0 Å². The van der Waals surface area contributed by atoms with Gasteiger partial charge in [0.15, 0.2) is 0 Å². The quantitative estimate of drug-likeness (QED) is 0.771. The zero-order valence-electron chi connectivity index (χ0n) is 11.8. The first-order chi connectivity index (χ1) is 8.19. The standard InChI is InChI=1S/C15H30N2/c1-3-15(4-2)8-11-17(12-9-15)10-7-14(16)13-5-6-13/h13-14H,3-12,16H2,1-2H3. The van der Waals surface area contributed by atoms with Crippen LogP contribution in [0.5, 0.6) is 0 Å². The first kappa shape index (κ1) is 13.4. The molecule has 17 heavy (non-hydrogen) atoms. The lowest BCUT2D eigenvalue weighted by Crippen LogP contribution is -2.41. The van der Waals surface area contributed by atoms with Crippen LogP contribution in [-0.2, 0) is 0 Å². The van der Waals surface area contributed by atoms with E-state index in [-0.39, 0.29) is 0 Å². The highest BCUT2D eigenvalue weighted by atomic mass is 15.1. The number of rotatable bonds is 6. The topological polar surface area (TPSA) is 29.3 Å². The lowest BCUT2D eigenvalue weighted by atomic mass is 9.74. The van der Waals surface area contributed by atoms with Gasteiger partial charge in [0.25, 0.3) is 0 Å². The Labute approximate surface area is 107 Å². The number of likely N-dealkylation sites (tertiary alicyclic amines) is 1. The Balaban J connectivity index is 1.67. The Morgan fingerprint density at radius 1 is 1.18 bits per heavy atom. The van der Waals surface area contributed by atoms with Crippen LogP contribution in [0.4, 0.5) is 0 Å². The van der Waals surface area contributed by atoms with Crippen molar-refractivity contribution in [1.82, 2.24) is 4.90 Å². The first-order valence-electron chi connectivity index (χ1n) is 7.67. The van der Waals surface area contributed by atoms with Crippen LogP contribution in [0.3, 0.4) is 0 Å². The van der Waals surface area contributed by atoms with Crippen molar-refractivity contribution < 1.29 is 0 Å². The van der Waals surface area contributed by atoms with E-state index >= 15 is 0 Å². The lowest BCUT2D eigenvalue weighted by molar-refractivity contribution is 0.0930. The number of nitrogens with zero attached hydrogens (tertiary/aromatic N) is 1. The molecule has 1 heterocycles. The summed E-state index contributed by atoms with van der Waals surface area (Å²) in [5, 5.41) is 0. The Morgan fingerprint density at radius 2 is 1.76 bits per heavy atom. The second kappa shape index (κ2) is 5.71. The SMILES string of the molecule is CCC1(CC)CCN(CCC(N)C2CC2)CC1. The van der Waals surface area contributed by atoms with E-state index in [1.54, 1.807) is 0 Å². The summed E-state index contributed by atoms with van der Waals surface area (Å²) in [4.78, 5) is 2.64. The predicted molar refractivity (Wildman–Crippen MR) is 74.0 cm³/mol. The van der Waals surface area contributed by atoms with Gasteiger partial charge in [-0.1, -0.05) is 26.7 Å². The molecule has 2 nitrogen and oxygen atoms in total. The van der Waals surface area contributed by atoms with E-state index in [0.29, 0.717) is 11.5 Å². The molecule has 1 saturated heterocycles. The van der Waals surface area contributed by atoms with Crippen LogP contribution in [0.25, 0.3) is 0 Å². The zero-order chi connectivity index (χ0) is 12.3. The van der Waals surface area contributed by atoms with E-state index in [9.17, 15) is 0 Å². The van der Waals surface area contributed by atoms with E-state index in [1.165, 1.54) is 64.6 Å². The molecule has 2 N–H and O–H groups in total. The highest BCUT2D eigenvalue weighted by Gasteiger charge is 2.32. The first-order valence-corrected chi connectivity index (χ1v) is 7.67. The molecule has 2 aliphatic rings. The summed E-state index contributed by atoms with van der Waals surface area (Å²) < 4.78 is 0. The van der Waals surface area contributed by atoms with Crippen LogP contribution >= 0.6 is 0 Å². The normalized spacial score (nSPS) is 27.0. The molecule has 1 aliphatic carbocycles. The van der Waals surface area contributed by atoms with Crippen molar-refractivity contribution in [3.8, 4) is 0 Å². The monoisotopic (exact) mass is 238 g/mol. The summed E-state index contributed by atoms with van der Waals surface area (Å²) >= 11 is 0. The van der Waals surface area contributed by atoms with E-state index in [1.807, 2.05) is 0 Å². The van der Waals surface area contributed by atoms with Crippen molar-refractivity contribution in [2.24, 2.45) is 17.1 Å². The molecule has 2 fully saturated rings. The average molecular weight is 238 g/mol. The van der Waals surface area contributed by atoms with E-state index < -0.39 is 0 Å². The maximum atomic E-state index is 6.18. The fourth-order valence-electron chi connectivity index (χ4n) is 3.30. The van der Waals surface area contributed by atoms with Gasteiger partial charge in [-0.25, -0.2) is 0 Å². The molecule has 0 radical (unpaired) electrons. The van der Waals surface area contributed by atoms with Crippen molar-refractivity contribution >= 4 is 0 Å². The van der Waals surface area contributed by atoms with Crippen LogP contribution in [0.1, 0.15) is 58.8 Å². The molecule has 1 unspecified atom stereocenters. The van der Waals surface area contributed by atoms with Crippen molar-refractivity contribution in [3.63, 3.8) is 0 Å². The van der Waals surface area contributed by atoms with Gasteiger partial charge < -0.3 is 10.6 Å². The smallest absolute Gasteiger partial charge is 0.00793 e. The Morgan fingerprint density at radius 3 is 2.24 bits per heavy atom. The third-order valence-corrected chi connectivity index (χ3v) is 5.42. The van der Waals surface area contributed by atoms with Gasteiger partial charge in [0.1, 0.15) is 0 Å². The molecule has 0 bridgehead atoms. The fourth-order valence-corrected chi connectivity index (χ4v) is 3.30. The summed E-state index contributed by atoms with van der Waals surface area (Å²) in [7, 11) is 0. The van der Waals surface area contributed by atoms with Crippen molar-refractivity contribution in [1.29, 1.82) is 0 Å². The highest BCUT2D eigenvalue weighted by molar-refractivity contribution is 4.87. The molecular weight excluding hydrogens is 208 g/mol. The molecule has 1 aliphatic heterocycles. The maximum absolute atomic E-state index is 6.18. The fraction of sp³-hybridized carbons (Fsp3) is 1.00. The van der Waals surface area contributed by atoms with Gasteiger partial charge >= 0.3 is 0 Å². The third-order valence-electron chi connectivity index (χ3n) is 5.42. The zero-order valence-corrected chi connectivity index (χ0v) is 11.8. The summed E-state index contributed by atoms with van der Waals surface area (Å²) in [5.41, 5.74) is 6.84. The van der Waals surface area contributed by atoms with Crippen LogP contribution in [0, 0.1) is 11.3 Å². The average Bonchev–Trinajstić information content (AvgIpc) is 3.21. The molecule has 0 aromatic heterocycles. The minimum atomic E-state index is 0.485. The molecule has 0 aromatic carbocycles. The van der Waals surface area contributed by atoms with Crippen LogP contribution in [-0.4, -0.2) is 30.6 Å².